The van der Waals surface area contributed by atoms with E-state index in [2.05, 4.69) is 0 Å². The molecule has 11 heavy (non-hydrogen) atoms. The van der Waals surface area contributed by atoms with Gasteiger partial charge in [-0.2, -0.15) is 0 Å². The van der Waals surface area contributed by atoms with E-state index in [0.29, 0.717) is 7.14 Å². The van der Waals surface area contributed by atoms with Crippen LogP contribution in [0.1, 0.15) is 0 Å². The Morgan fingerprint density at radius 2 is 1.73 bits per heavy atom. The Bertz CT molecular complexity index is 336. The maximum absolute atomic E-state index is 11.1. The SMILES string of the molecule is O=c1c(I)cccc(I)c1O. The summed E-state index contributed by atoms with van der Waals surface area (Å²) in [5.41, 5.74) is -0.306. The van der Waals surface area contributed by atoms with Gasteiger partial charge in [0.2, 0.25) is 5.43 Å². The van der Waals surface area contributed by atoms with Crippen LogP contribution < -0.4 is 5.43 Å². The molecule has 0 saturated carbocycles. The van der Waals surface area contributed by atoms with Crippen molar-refractivity contribution in [2.24, 2.45) is 0 Å². The molecular weight excluding hydrogens is 370 g/mol. The molecule has 0 atom stereocenters. The molecule has 0 amide bonds. The smallest absolute Gasteiger partial charge is 0.234 e. The first-order valence-electron chi connectivity index (χ1n) is 2.80. The molecule has 4 heteroatoms. The van der Waals surface area contributed by atoms with Crippen LogP contribution in [-0.4, -0.2) is 5.11 Å². The third-order valence-electron chi connectivity index (χ3n) is 1.14. The Kier molecular flexibility index (Phi) is 3.11. The van der Waals surface area contributed by atoms with E-state index in [4.69, 9.17) is 0 Å². The number of hydrogen-bond donors (Lipinski definition) is 1. The first-order chi connectivity index (χ1) is 5.13. The van der Waals surface area contributed by atoms with Crippen molar-refractivity contribution in [1.82, 2.24) is 0 Å². The summed E-state index contributed by atoms with van der Waals surface area (Å²) < 4.78 is 1.11. The lowest BCUT2D eigenvalue weighted by atomic mass is 10.5. The van der Waals surface area contributed by atoms with Crippen LogP contribution in [-0.2, 0) is 0 Å². The van der Waals surface area contributed by atoms with Crippen LogP contribution in [0.4, 0.5) is 0 Å². The second kappa shape index (κ2) is 3.70. The molecular formula is C7H4I2O2. The normalized spacial score (nSPS) is 9.64. The Morgan fingerprint density at radius 1 is 1.18 bits per heavy atom. The molecule has 0 unspecified atom stereocenters. The Morgan fingerprint density at radius 3 is 2.36 bits per heavy atom. The molecule has 0 fully saturated rings. The molecule has 1 aromatic rings. The molecule has 0 aromatic heterocycles. The van der Waals surface area contributed by atoms with Gasteiger partial charge in [0.25, 0.3) is 0 Å². The van der Waals surface area contributed by atoms with E-state index in [1.807, 2.05) is 45.2 Å². The first kappa shape index (κ1) is 9.24. The monoisotopic (exact) mass is 374 g/mol. The molecule has 0 saturated heterocycles. The fourth-order valence-corrected chi connectivity index (χ4v) is 1.51. The number of rotatable bonds is 0. The van der Waals surface area contributed by atoms with Crippen molar-refractivity contribution >= 4 is 45.2 Å². The van der Waals surface area contributed by atoms with Crippen LogP contribution in [0.15, 0.2) is 23.0 Å². The predicted octanol–water partition coefficient (Wildman–Crippen LogP) is 1.96. The number of halogens is 2. The van der Waals surface area contributed by atoms with Gasteiger partial charge in [-0.15, -0.1) is 0 Å². The lowest BCUT2D eigenvalue weighted by Gasteiger charge is -1.85. The molecule has 0 bridgehead atoms. The van der Waals surface area contributed by atoms with Gasteiger partial charge < -0.3 is 5.11 Å². The summed E-state index contributed by atoms with van der Waals surface area (Å²) in [6.07, 6.45) is 0. The van der Waals surface area contributed by atoms with Crippen molar-refractivity contribution in [3.8, 4) is 5.75 Å². The van der Waals surface area contributed by atoms with E-state index in [1.165, 1.54) is 0 Å². The minimum absolute atomic E-state index is 0.167. The van der Waals surface area contributed by atoms with Crippen LogP contribution in [0.5, 0.6) is 5.75 Å². The summed E-state index contributed by atoms with van der Waals surface area (Å²) >= 11 is 3.81. The largest absolute Gasteiger partial charge is 0.503 e. The summed E-state index contributed by atoms with van der Waals surface area (Å²) in [4.78, 5) is 11.1. The summed E-state index contributed by atoms with van der Waals surface area (Å²) in [6.45, 7) is 0. The quantitative estimate of drug-likeness (QED) is 0.706. The summed E-state index contributed by atoms with van der Waals surface area (Å²) in [5, 5.41) is 9.22. The fraction of sp³-hybridized carbons (Fsp3) is 0. The molecule has 0 aliphatic heterocycles. The topological polar surface area (TPSA) is 37.3 Å². The zero-order valence-corrected chi connectivity index (χ0v) is 9.66. The van der Waals surface area contributed by atoms with Crippen molar-refractivity contribution in [1.29, 1.82) is 0 Å². The molecule has 1 aromatic carbocycles. The van der Waals surface area contributed by atoms with E-state index in [9.17, 15) is 9.90 Å². The molecule has 1 rings (SSSR count). The van der Waals surface area contributed by atoms with Crippen molar-refractivity contribution < 1.29 is 5.11 Å². The maximum Gasteiger partial charge on any atom is 0.234 e. The van der Waals surface area contributed by atoms with Gasteiger partial charge in [0.1, 0.15) is 0 Å². The molecule has 2 nitrogen and oxygen atoms in total. The average Bonchev–Trinajstić information content (AvgIpc) is 2.07. The van der Waals surface area contributed by atoms with E-state index >= 15 is 0 Å². The van der Waals surface area contributed by atoms with Gasteiger partial charge in [0.05, 0.1) is 7.14 Å². The molecule has 1 N–H and O–H groups in total. The first-order valence-corrected chi connectivity index (χ1v) is 4.96. The van der Waals surface area contributed by atoms with Gasteiger partial charge in [0.15, 0.2) is 5.75 Å². The fourth-order valence-electron chi connectivity index (χ4n) is 0.593. The van der Waals surface area contributed by atoms with E-state index in [1.54, 1.807) is 18.2 Å². The van der Waals surface area contributed by atoms with E-state index in [0.717, 1.165) is 0 Å². The van der Waals surface area contributed by atoms with Crippen LogP contribution in [0.2, 0.25) is 0 Å². The Labute approximate surface area is 90.9 Å². The molecule has 0 radical (unpaired) electrons. The van der Waals surface area contributed by atoms with Gasteiger partial charge in [-0.3, -0.25) is 4.79 Å². The maximum atomic E-state index is 11.1. The van der Waals surface area contributed by atoms with Gasteiger partial charge >= 0.3 is 0 Å². The van der Waals surface area contributed by atoms with Crippen LogP contribution in [0.3, 0.4) is 0 Å². The second-order valence-corrected chi connectivity index (χ2v) is 4.22. The third kappa shape index (κ3) is 2.05. The van der Waals surface area contributed by atoms with E-state index in [-0.39, 0.29) is 11.2 Å². The minimum atomic E-state index is -0.306. The summed E-state index contributed by atoms with van der Waals surface area (Å²) in [6, 6.07) is 5.11. The molecule has 0 spiro atoms. The van der Waals surface area contributed by atoms with Crippen molar-refractivity contribution in [2.75, 3.05) is 0 Å². The summed E-state index contributed by atoms with van der Waals surface area (Å²) in [7, 11) is 0. The Balaban J connectivity index is 3.62. The highest BCUT2D eigenvalue weighted by molar-refractivity contribution is 14.1. The summed E-state index contributed by atoms with van der Waals surface area (Å²) in [5.74, 6) is -0.167. The molecule has 58 valence electrons. The van der Waals surface area contributed by atoms with Crippen LogP contribution >= 0.6 is 45.2 Å². The van der Waals surface area contributed by atoms with Crippen molar-refractivity contribution in [3.05, 3.63) is 35.6 Å². The Hall–Kier alpha value is 0.150. The number of aromatic hydroxyl groups is 1. The van der Waals surface area contributed by atoms with E-state index < -0.39 is 0 Å². The van der Waals surface area contributed by atoms with Gasteiger partial charge in [-0.05, 0) is 57.3 Å². The molecule has 0 heterocycles. The average molecular weight is 374 g/mol. The highest BCUT2D eigenvalue weighted by Gasteiger charge is 2.01. The van der Waals surface area contributed by atoms with Gasteiger partial charge in [-0.1, -0.05) is 6.07 Å². The zero-order chi connectivity index (χ0) is 8.43. The predicted molar refractivity (Wildman–Crippen MR) is 59.8 cm³/mol. The molecule has 0 aliphatic carbocycles. The highest BCUT2D eigenvalue weighted by Crippen LogP contribution is 2.13. The zero-order valence-electron chi connectivity index (χ0n) is 5.34. The van der Waals surface area contributed by atoms with Gasteiger partial charge in [0, 0.05) is 0 Å². The number of hydrogen-bond acceptors (Lipinski definition) is 2. The van der Waals surface area contributed by atoms with Crippen molar-refractivity contribution in [2.45, 2.75) is 0 Å². The molecule has 0 aliphatic rings. The lowest BCUT2D eigenvalue weighted by Crippen LogP contribution is -2.00. The minimum Gasteiger partial charge on any atom is -0.503 e. The van der Waals surface area contributed by atoms with Gasteiger partial charge in [-0.25, -0.2) is 0 Å². The third-order valence-corrected chi connectivity index (χ3v) is 2.86. The second-order valence-electron chi connectivity index (χ2n) is 1.90. The standard InChI is InChI=1S/C7H4I2O2/c8-4-2-1-3-5(9)7(11)6(4)10/h1-3H,(H,10,11). The lowest BCUT2D eigenvalue weighted by molar-refractivity contribution is 0.467. The van der Waals surface area contributed by atoms with Crippen LogP contribution in [0.25, 0.3) is 0 Å². The van der Waals surface area contributed by atoms with Crippen molar-refractivity contribution in [3.63, 3.8) is 0 Å². The highest BCUT2D eigenvalue weighted by atomic mass is 127. The van der Waals surface area contributed by atoms with Crippen LogP contribution in [0, 0.1) is 7.14 Å².